The highest BCUT2D eigenvalue weighted by atomic mass is 16.2. The van der Waals surface area contributed by atoms with Crippen LogP contribution in [0.4, 0.5) is 5.95 Å². The highest BCUT2D eigenvalue weighted by molar-refractivity contribution is 5.97. The maximum Gasteiger partial charge on any atom is 0.253 e. The second kappa shape index (κ2) is 6.27. The third-order valence-electron chi connectivity index (χ3n) is 2.73. The molecule has 21 heavy (non-hydrogen) atoms. The zero-order valence-electron chi connectivity index (χ0n) is 12.3. The van der Waals surface area contributed by atoms with Gasteiger partial charge in [0.1, 0.15) is 0 Å². The number of nitrogens with two attached hydrogens (primary N) is 1. The van der Waals surface area contributed by atoms with Crippen LogP contribution in [0, 0.1) is 6.92 Å². The molecule has 1 heterocycles. The van der Waals surface area contributed by atoms with E-state index in [0.717, 1.165) is 16.6 Å². The van der Waals surface area contributed by atoms with Gasteiger partial charge >= 0.3 is 0 Å². The van der Waals surface area contributed by atoms with Gasteiger partial charge in [-0.15, -0.1) is 0 Å². The Balaban J connectivity index is 2.22. The van der Waals surface area contributed by atoms with Crippen LogP contribution < -0.4 is 11.1 Å². The second-order valence-electron chi connectivity index (χ2n) is 4.91. The van der Waals surface area contributed by atoms with Crippen LogP contribution in [0.1, 0.15) is 5.69 Å². The summed E-state index contributed by atoms with van der Waals surface area (Å²) in [6.07, 6.45) is 0. The second-order valence-corrected chi connectivity index (χ2v) is 4.91. The number of rotatable bonds is 3. The summed E-state index contributed by atoms with van der Waals surface area (Å²) in [5, 5.41) is 3.46. The van der Waals surface area contributed by atoms with Crippen molar-refractivity contribution in [1.82, 2.24) is 20.2 Å². The topological polar surface area (TPSA) is 96.5 Å². The van der Waals surface area contributed by atoms with Gasteiger partial charge in [0, 0.05) is 5.39 Å². The molecule has 0 unspecified atom stereocenters. The lowest BCUT2D eigenvalue weighted by atomic mass is 10.2. The number of aromatic nitrogens is 2. The number of fused-ring (bicyclic) bond motifs is 1. The molecule has 1 amide bonds. The number of benzene rings is 1. The molecule has 0 aliphatic heterocycles. The van der Waals surface area contributed by atoms with Crippen LogP contribution in [0.2, 0.25) is 0 Å². The molecule has 0 fully saturated rings. The lowest BCUT2D eigenvalue weighted by Gasteiger charge is -2.09. The molecular formula is C14H18N6O. The van der Waals surface area contributed by atoms with E-state index in [2.05, 4.69) is 20.3 Å². The number of nitrogens with one attached hydrogen (secondary N) is 1. The van der Waals surface area contributed by atoms with Crippen LogP contribution in [-0.2, 0) is 4.79 Å². The van der Waals surface area contributed by atoms with Gasteiger partial charge in [0.15, 0.2) is 0 Å². The van der Waals surface area contributed by atoms with Crippen molar-refractivity contribution in [1.29, 1.82) is 0 Å². The Bertz CT molecular complexity index is 695. The number of hydrogen-bond acceptors (Lipinski definition) is 5. The molecule has 0 atom stereocenters. The van der Waals surface area contributed by atoms with Crippen LogP contribution >= 0.6 is 0 Å². The molecule has 0 bridgehead atoms. The summed E-state index contributed by atoms with van der Waals surface area (Å²) in [5.74, 6) is -0.0239. The Morgan fingerprint density at radius 3 is 2.76 bits per heavy atom. The number of likely N-dealkylation sites (N-methyl/N-ethyl adjacent to an activating group) is 1. The summed E-state index contributed by atoms with van der Waals surface area (Å²) in [6, 6.07) is 7.65. The first-order valence-corrected chi connectivity index (χ1v) is 6.48. The molecule has 0 aliphatic rings. The van der Waals surface area contributed by atoms with Gasteiger partial charge in [0.05, 0.1) is 17.8 Å². The Morgan fingerprint density at radius 2 is 2.05 bits per heavy atom. The largest absolute Gasteiger partial charge is 0.369 e. The van der Waals surface area contributed by atoms with Crippen LogP contribution in [0.25, 0.3) is 10.9 Å². The van der Waals surface area contributed by atoms with E-state index in [-0.39, 0.29) is 24.4 Å². The molecule has 3 N–H and O–H groups in total. The Kier molecular flexibility index (Phi) is 4.44. The third-order valence-corrected chi connectivity index (χ3v) is 2.73. The minimum Gasteiger partial charge on any atom is -0.369 e. The molecule has 0 radical (unpaired) electrons. The SMILES string of the molecule is Cc1nc(N=C(N)NC(=O)CN(C)C)nc2ccccc12. The molecule has 0 saturated carbocycles. The number of para-hydroxylation sites is 1. The molecule has 7 nitrogen and oxygen atoms in total. The van der Waals surface area contributed by atoms with Gasteiger partial charge in [-0.3, -0.25) is 10.1 Å². The summed E-state index contributed by atoms with van der Waals surface area (Å²) in [7, 11) is 3.59. The molecule has 2 aromatic rings. The predicted octanol–water partition coefficient (Wildman–Crippen LogP) is 0.562. The summed E-state index contributed by atoms with van der Waals surface area (Å²) in [6.45, 7) is 2.11. The Hall–Kier alpha value is -2.54. The van der Waals surface area contributed by atoms with Gasteiger partial charge in [0.25, 0.3) is 5.95 Å². The van der Waals surface area contributed by atoms with Gasteiger partial charge in [-0.2, -0.15) is 4.99 Å². The zero-order chi connectivity index (χ0) is 15.4. The molecule has 0 spiro atoms. The van der Waals surface area contributed by atoms with Crippen LogP contribution in [-0.4, -0.2) is 47.4 Å². The molecule has 0 aliphatic carbocycles. The molecular weight excluding hydrogens is 268 g/mol. The van der Waals surface area contributed by atoms with Crippen molar-refractivity contribution >= 4 is 28.7 Å². The van der Waals surface area contributed by atoms with E-state index in [1.165, 1.54) is 0 Å². The predicted molar refractivity (Wildman–Crippen MR) is 82.3 cm³/mol. The molecule has 1 aromatic heterocycles. The van der Waals surface area contributed by atoms with Crippen molar-refractivity contribution in [3.05, 3.63) is 30.0 Å². The lowest BCUT2D eigenvalue weighted by Crippen LogP contribution is -2.41. The van der Waals surface area contributed by atoms with Gasteiger partial charge in [-0.25, -0.2) is 9.97 Å². The highest BCUT2D eigenvalue weighted by Gasteiger charge is 2.07. The number of guanidine groups is 1. The number of nitrogens with zero attached hydrogens (tertiary/aromatic N) is 4. The van der Waals surface area contributed by atoms with Gasteiger partial charge in [-0.1, -0.05) is 18.2 Å². The minimum atomic E-state index is -0.237. The first kappa shape index (κ1) is 14.9. The van der Waals surface area contributed by atoms with Crippen LogP contribution in [0.5, 0.6) is 0 Å². The van der Waals surface area contributed by atoms with Crippen molar-refractivity contribution in [2.45, 2.75) is 6.92 Å². The van der Waals surface area contributed by atoms with Gasteiger partial charge < -0.3 is 10.6 Å². The average Bonchev–Trinajstić information content (AvgIpc) is 2.37. The standard InChI is InChI=1S/C14H18N6O/c1-9-10-6-4-5-7-11(10)17-14(16-9)19-13(15)18-12(21)8-20(2)3/h4-7H,8H2,1-3H3,(H3,15,16,17,18,19,21). The Morgan fingerprint density at radius 1 is 1.33 bits per heavy atom. The smallest absolute Gasteiger partial charge is 0.253 e. The average molecular weight is 286 g/mol. The molecule has 0 saturated heterocycles. The van der Waals surface area contributed by atoms with E-state index in [9.17, 15) is 4.79 Å². The summed E-state index contributed by atoms with van der Waals surface area (Å²) in [4.78, 5) is 25.9. The normalized spacial score (nSPS) is 11.9. The van der Waals surface area contributed by atoms with E-state index in [1.807, 2.05) is 31.2 Å². The first-order chi connectivity index (χ1) is 9.95. The molecule has 7 heteroatoms. The van der Waals surface area contributed by atoms with E-state index >= 15 is 0 Å². The van der Waals surface area contributed by atoms with E-state index in [4.69, 9.17) is 5.73 Å². The number of aryl methyl sites for hydroxylation is 1. The highest BCUT2D eigenvalue weighted by Crippen LogP contribution is 2.17. The summed E-state index contributed by atoms with van der Waals surface area (Å²) in [5.41, 5.74) is 7.30. The fraction of sp³-hybridized carbons (Fsp3) is 0.286. The summed E-state index contributed by atoms with van der Waals surface area (Å²) < 4.78 is 0. The molecule has 1 aromatic carbocycles. The molecule has 110 valence electrons. The van der Waals surface area contributed by atoms with Crippen molar-refractivity contribution in [3.8, 4) is 0 Å². The minimum absolute atomic E-state index is 0.0171. The number of carbonyl (C=O) groups is 1. The van der Waals surface area contributed by atoms with Gasteiger partial charge in [0.2, 0.25) is 11.9 Å². The zero-order valence-corrected chi connectivity index (χ0v) is 12.3. The van der Waals surface area contributed by atoms with E-state index in [0.29, 0.717) is 0 Å². The monoisotopic (exact) mass is 286 g/mol. The maximum absolute atomic E-state index is 11.6. The van der Waals surface area contributed by atoms with E-state index in [1.54, 1.807) is 19.0 Å². The fourth-order valence-corrected chi connectivity index (χ4v) is 1.88. The molecule has 2 rings (SSSR count). The maximum atomic E-state index is 11.6. The van der Waals surface area contributed by atoms with Crippen molar-refractivity contribution < 1.29 is 4.79 Å². The number of amides is 1. The van der Waals surface area contributed by atoms with Crippen molar-refractivity contribution in [3.63, 3.8) is 0 Å². The first-order valence-electron chi connectivity index (χ1n) is 6.48. The summed E-state index contributed by atoms with van der Waals surface area (Å²) >= 11 is 0. The van der Waals surface area contributed by atoms with Crippen LogP contribution in [0.15, 0.2) is 29.3 Å². The van der Waals surface area contributed by atoms with Crippen LogP contribution in [0.3, 0.4) is 0 Å². The number of hydrogen-bond donors (Lipinski definition) is 2. The van der Waals surface area contributed by atoms with E-state index < -0.39 is 0 Å². The number of carbonyl (C=O) groups excluding carboxylic acids is 1. The Labute approximate surface area is 122 Å². The van der Waals surface area contributed by atoms with Crippen molar-refractivity contribution in [2.24, 2.45) is 10.7 Å². The lowest BCUT2D eigenvalue weighted by molar-refractivity contribution is -0.120. The number of aliphatic imine (C=N–C) groups is 1. The third kappa shape index (κ3) is 3.96. The van der Waals surface area contributed by atoms with Gasteiger partial charge in [-0.05, 0) is 27.1 Å². The van der Waals surface area contributed by atoms with Crippen molar-refractivity contribution in [2.75, 3.05) is 20.6 Å². The quantitative estimate of drug-likeness (QED) is 0.635. The fourth-order valence-electron chi connectivity index (χ4n) is 1.88.